The highest BCUT2D eigenvalue weighted by atomic mass is 32.1. The Hall–Kier alpha value is -2.60. The molecular formula is C15H13NO4S. The van der Waals surface area contributed by atoms with Gasteiger partial charge in [-0.2, -0.15) is 0 Å². The number of primary amides is 1. The molecule has 0 radical (unpaired) electrons. The number of hydrogen-bond donors (Lipinski definition) is 2. The number of rotatable bonds is 6. The van der Waals surface area contributed by atoms with Gasteiger partial charge >= 0.3 is 5.97 Å². The first-order valence-electron chi connectivity index (χ1n) is 6.05. The van der Waals surface area contributed by atoms with Crippen LogP contribution in [0.15, 0.2) is 41.8 Å². The molecule has 3 N–H and O–H groups in total. The fourth-order valence-electron chi connectivity index (χ4n) is 1.60. The molecule has 2 rings (SSSR count). The van der Waals surface area contributed by atoms with E-state index in [1.807, 2.05) is 11.4 Å². The lowest BCUT2D eigenvalue weighted by Gasteiger charge is -2.04. The molecule has 1 aromatic carbocycles. The second-order valence-corrected chi connectivity index (χ2v) is 5.19. The van der Waals surface area contributed by atoms with Gasteiger partial charge in [0.15, 0.2) is 0 Å². The Labute approximate surface area is 125 Å². The van der Waals surface area contributed by atoms with E-state index in [0.29, 0.717) is 17.9 Å². The van der Waals surface area contributed by atoms with E-state index in [9.17, 15) is 9.59 Å². The average molecular weight is 303 g/mol. The predicted octanol–water partition coefficient (Wildman–Crippen LogP) is 2.52. The molecule has 21 heavy (non-hydrogen) atoms. The van der Waals surface area contributed by atoms with Gasteiger partial charge in [-0.1, -0.05) is 0 Å². The smallest absolute Gasteiger partial charge is 0.328 e. The van der Waals surface area contributed by atoms with Crippen LogP contribution in [-0.2, 0) is 11.4 Å². The van der Waals surface area contributed by atoms with Crippen LogP contribution in [0.3, 0.4) is 0 Å². The van der Waals surface area contributed by atoms with Crippen LogP contribution in [0.1, 0.15) is 20.8 Å². The van der Waals surface area contributed by atoms with E-state index in [2.05, 4.69) is 0 Å². The zero-order valence-electron chi connectivity index (χ0n) is 11.0. The normalized spacial score (nSPS) is 10.7. The Morgan fingerprint density at radius 1 is 1.29 bits per heavy atom. The molecule has 0 bridgehead atoms. The lowest BCUT2D eigenvalue weighted by Crippen LogP contribution is -2.10. The van der Waals surface area contributed by atoms with E-state index in [0.717, 1.165) is 16.5 Å². The molecule has 0 aliphatic rings. The SMILES string of the molecule is NC(=O)c1ccc(OCc2cc(C=CC(=O)O)cs2)cc1. The lowest BCUT2D eigenvalue weighted by atomic mass is 10.2. The van der Waals surface area contributed by atoms with Gasteiger partial charge in [0, 0.05) is 16.5 Å². The summed E-state index contributed by atoms with van der Waals surface area (Å²) >= 11 is 1.49. The van der Waals surface area contributed by atoms with Crippen LogP contribution in [0.2, 0.25) is 0 Å². The zero-order valence-corrected chi connectivity index (χ0v) is 11.8. The van der Waals surface area contributed by atoms with E-state index in [1.54, 1.807) is 24.3 Å². The minimum absolute atomic E-state index is 0.376. The maximum absolute atomic E-state index is 10.9. The van der Waals surface area contributed by atoms with Crippen molar-refractivity contribution in [2.45, 2.75) is 6.61 Å². The maximum atomic E-state index is 10.9. The first kappa shape index (κ1) is 14.8. The highest BCUT2D eigenvalue weighted by Crippen LogP contribution is 2.19. The number of nitrogens with two attached hydrogens (primary N) is 1. The van der Waals surface area contributed by atoms with Gasteiger partial charge in [-0.05, 0) is 47.4 Å². The van der Waals surface area contributed by atoms with Crippen molar-refractivity contribution in [3.63, 3.8) is 0 Å². The molecule has 2 aromatic rings. The Balaban J connectivity index is 1.93. The predicted molar refractivity (Wildman–Crippen MR) is 80.3 cm³/mol. The molecule has 1 amide bonds. The summed E-state index contributed by atoms with van der Waals surface area (Å²) in [6, 6.07) is 8.43. The molecule has 0 saturated heterocycles. The Kier molecular flexibility index (Phi) is 4.73. The van der Waals surface area contributed by atoms with E-state index < -0.39 is 11.9 Å². The number of benzene rings is 1. The molecule has 6 heteroatoms. The lowest BCUT2D eigenvalue weighted by molar-refractivity contribution is -0.131. The van der Waals surface area contributed by atoms with Gasteiger partial charge in [0.05, 0.1) is 0 Å². The summed E-state index contributed by atoms with van der Waals surface area (Å²) in [6.45, 7) is 0.376. The van der Waals surface area contributed by atoms with E-state index in [-0.39, 0.29) is 0 Å². The summed E-state index contributed by atoms with van der Waals surface area (Å²) in [5, 5.41) is 10.4. The molecule has 5 nitrogen and oxygen atoms in total. The zero-order chi connectivity index (χ0) is 15.2. The molecule has 108 valence electrons. The van der Waals surface area contributed by atoms with E-state index >= 15 is 0 Å². The van der Waals surface area contributed by atoms with Crippen molar-refractivity contribution in [3.8, 4) is 5.75 Å². The van der Waals surface area contributed by atoms with Gasteiger partial charge in [0.25, 0.3) is 0 Å². The van der Waals surface area contributed by atoms with Crippen molar-refractivity contribution in [1.29, 1.82) is 0 Å². The van der Waals surface area contributed by atoms with Crippen LogP contribution < -0.4 is 10.5 Å². The van der Waals surface area contributed by atoms with Gasteiger partial charge in [-0.15, -0.1) is 11.3 Å². The van der Waals surface area contributed by atoms with Gasteiger partial charge in [0.2, 0.25) is 5.91 Å². The second kappa shape index (κ2) is 6.71. The number of hydrogen-bond acceptors (Lipinski definition) is 4. The summed E-state index contributed by atoms with van der Waals surface area (Å²) in [5.41, 5.74) is 6.41. The average Bonchev–Trinajstić information content (AvgIpc) is 2.91. The molecule has 0 spiro atoms. The fourth-order valence-corrected chi connectivity index (χ4v) is 2.36. The monoisotopic (exact) mass is 303 g/mol. The maximum Gasteiger partial charge on any atom is 0.328 e. The third-order valence-electron chi connectivity index (χ3n) is 2.61. The van der Waals surface area contributed by atoms with Crippen LogP contribution in [0, 0.1) is 0 Å². The molecule has 0 aliphatic carbocycles. The number of carboxylic acid groups (broad SMARTS) is 1. The van der Waals surface area contributed by atoms with Crippen molar-refractivity contribution >= 4 is 29.3 Å². The van der Waals surface area contributed by atoms with Crippen molar-refractivity contribution in [3.05, 3.63) is 57.8 Å². The minimum atomic E-state index is -0.978. The highest BCUT2D eigenvalue weighted by Gasteiger charge is 2.02. The number of aliphatic carboxylic acids is 1. The number of thiophene rings is 1. The summed E-state index contributed by atoms with van der Waals surface area (Å²) in [5.74, 6) is -0.820. The van der Waals surface area contributed by atoms with Crippen LogP contribution in [0.25, 0.3) is 6.08 Å². The number of carboxylic acids is 1. The van der Waals surface area contributed by atoms with Crippen molar-refractivity contribution in [2.75, 3.05) is 0 Å². The fraction of sp³-hybridized carbons (Fsp3) is 0.0667. The first-order valence-corrected chi connectivity index (χ1v) is 6.93. The van der Waals surface area contributed by atoms with Gasteiger partial charge < -0.3 is 15.6 Å². The van der Waals surface area contributed by atoms with E-state index in [4.69, 9.17) is 15.6 Å². The Morgan fingerprint density at radius 3 is 2.62 bits per heavy atom. The third kappa shape index (κ3) is 4.47. The molecule has 0 saturated carbocycles. The van der Waals surface area contributed by atoms with Gasteiger partial charge in [0.1, 0.15) is 12.4 Å². The van der Waals surface area contributed by atoms with Gasteiger partial charge in [-0.25, -0.2) is 4.79 Å². The number of carbonyl (C=O) groups is 2. The van der Waals surface area contributed by atoms with Gasteiger partial charge in [-0.3, -0.25) is 4.79 Å². The van der Waals surface area contributed by atoms with Crippen molar-refractivity contribution in [1.82, 2.24) is 0 Å². The highest BCUT2D eigenvalue weighted by molar-refractivity contribution is 7.10. The van der Waals surface area contributed by atoms with Crippen LogP contribution in [0.4, 0.5) is 0 Å². The van der Waals surface area contributed by atoms with Crippen molar-refractivity contribution < 1.29 is 19.4 Å². The second-order valence-electron chi connectivity index (χ2n) is 4.20. The molecule has 0 fully saturated rings. The number of amides is 1. The first-order chi connectivity index (χ1) is 10.0. The summed E-state index contributed by atoms with van der Waals surface area (Å²) in [7, 11) is 0. The van der Waals surface area contributed by atoms with Crippen LogP contribution in [0.5, 0.6) is 5.75 Å². The van der Waals surface area contributed by atoms with Crippen molar-refractivity contribution in [2.24, 2.45) is 5.73 Å². The molecular weight excluding hydrogens is 290 g/mol. The molecule has 0 atom stereocenters. The summed E-state index contributed by atoms with van der Waals surface area (Å²) < 4.78 is 5.58. The molecule has 0 unspecified atom stereocenters. The third-order valence-corrected chi connectivity index (χ3v) is 3.54. The topological polar surface area (TPSA) is 89.6 Å². The quantitative estimate of drug-likeness (QED) is 0.802. The Morgan fingerprint density at radius 2 is 2.00 bits per heavy atom. The standard InChI is InChI=1S/C15H13NO4S/c16-15(19)11-2-4-12(5-3-11)20-8-13-7-10(9-21-13)1-6-14(17)18/h1-7,9H,8H2,(H2,16,19)(H,17,18). The summed E-state index contributed by atoms with van der Waals surface area (Å²) in [4.78, 5) is 22.3. The Bertz CT molecular complexity index is 673. The molecule has 1 aromatic heterocycles. The minimum Gasteiger partial charge on any atom is -0.488 e. The number of ether oxygens (including phenoxy) is 1. The number of carbonyl (C=O) groups excluding carboxylic acids is 1. The largest absolute Gasteiger partial charge is 0.488 e. The van der Waals surface area contributed by atoms with E-state index in [1.165, 1.54) is 17.4 Å². The molecule has 0 aliphatic heterocycles. The van der Waals surface area contributed by atoms with Crippen LogP contribution >= 0.6 is 11.3 Å². The molecule has 1 heterocycles. The van der Waals surface area contributed by atoms with Crippen LogP contribution in [-0.4, -0.2) is 17.0 Å². The summed E-state index contributed by atoms with van der Waals surface area (Å²) in [6.07, 6.45) is 2.62.